The van der Waals surface area contributed by atoms with Gasteiger partial charge in [-0.25, -0.2) is 0 Å². The predicted molar refractivity (Wildman–Crippen MR) is 80.1 cm³/mol. The Balaban J connectivity index is 1.98. The molecule has 1 aromatic heterocycles. The Kier molecular flexibility index (Phi) is 5.13. The van der Waals surface area contributed by atoms with E-state index in [1.807, 2.05) is 42.5 Å². The van der Waals surface area contributed by atoms with Gasteiger partial charge in [0.15, 0.2) is 6.10 Å². The molecule has 100 valence electrons. The minimum absolute atomic E-state index is 0.127. The number of nitrogens with one attached hydrogen (secondary N) is 1. The third kappa shape index (κ3) is 3.89. The van der Waals surface area contributed by atoms with Crippen molar-refractivity contribution < 1.29 is 9.53 Å². The third-order valence-corrected chi connectivity index (χ3v) is 4.27. The van der Waals surface area contributed by atoms with Gasteiger partial charge in [-0.3, -0.25) is 4.79 Å². The number of benzene rings is 1. The number of carbonyl (C=O) groups is 1. The maximum atomic E-state index is 12.1. The zero-order chi connectivity index (χ0) is 13.7. The van der Waals surface area contributed by atoms with E-state index in [9.17, 15) is 4.79 Å². The van der Waals surface area contributed by atoms with Crippen molar-refractivity contribution in [3.05, 3.63) is 56.7 Å². The van der Waals surface area contributed by atoms with Crippen molar-refractivity contribution >= 4 is 33.2 Å². The molecule has 5 heteroatoms. The van der Waals surface area contributed by atoms with Crippen LogP contribution in [0.4, 0.5) is 0 Å². The minimum atomic E-state index is -0.565. The molecule has 0 bridgehead atoms. The molecule has 0 saturated carbocycles. The van der Waals surface area contributed by atoms with Gasteiger partial charge >= 0.3 is 0 Å². The minimum Gasteiger partial charge on any atom is -0.367 e. The summed E-state index contributed by atoms with van der Waals surface area (Å²) in [5, 5.41) is 2.89. The summed E-state index contributed by atoms with van der Waals surface area (Å²) in [5.41, 5.74) is 0.856. The highest BCUT2D eigenvalue weighted by molar-refractivity contribution is 9.11. The highest BCUT2D eigenvalue weighted by atomic mass is 79.9. The second kappa shape index (κ2) is 6.84. The van der Waals surface area contributed by atoms with Gasteiger partial charge in [0.05, 0.1) is 10.3 Å². The van der Waals surface area contributed by atoms with E-state index in [4.69, 9.17) is 4.74 Å². The lowest BCUT2D eigenvalue weighted by Crippen LogP contribution is -2.29. The molecule has 0 aliphatic rings. The first kappa shape index (κ1) is 14.2. The van der Waals surface area contributed by atoms with Crippen molar-refractivity contribution in [2.75, 3.05) is 7.11 Å². The van der Waals surface area contributed by atoms with Gasteiger partial charge in [0.2, 0.25) is 0 Å². The van der Waals surface area contributed by atoms with Gasteiger partial charge in [0.25, 0.3) is 5.91 Å². The Hall–Kier alpha value is -1.17. The molecule has 1 unspecified atom stereocenters. The molecule has 1 heterocycles. The number of rotatable bonds is 5. The zero-order valence-electron chi connectivity index (χ0n) is 10.4. The Morgan fingerprint density at radius 3 is 2.63 bits per heavy atom. The van der Waals surface area contributed by atoms with Crippen LogP contribution in [-0.4, -0.2) is 13.0 Å². The van der Waals surface area contributed by atoms with Gasteiger partial charge < -0.3 is 10.1 Å². The molecular formula is C14H14BrNO2S. The van der Waals surface area contributed by atoms with Crippen LogP contribution >= 0.6 is 27.3 Å². The van der Waals surface area contributed by atoms with Crippen LogP contribution in [0.5, 0.6) is 0 Å². The summed E-state index contributed by atoms with van der Waals surface area (Å²) in [5.74, 6) is -0.127. The molecule has 0 fully saturated rings. The Labute approximate surface area is 124 Å². The van der Waals surface area contributed by atoms with Crippen LogP contribution in [0.2, 0.25) is 0 Å². The van der Waals surface area contributed by atoms with Gasteiger partial charge in [-0.2, -0.15) is 0 Å². The SMILES string of the molecule is COC(C(=O)NCc1ccc(Br)s1)c1ccccc1. The second-order valence-electron chi connectivity index (χ2n) is 3.95. The zero-order valence-corrected chi connectivity index (χ0v) is 12.8. The molecular weight excluding hydrogens is 326 g/mol. The summed E-state index contributed by atoms with van der Waals surface area (Å²) < 4.78 is 6.33. The molecule has 1 N–H and O–H groups in total. The summed E-state index contributed by atoms with van der Waals surface area (Å²) >= 11 is 5.01. The Morgan fingerprint density at radius 2 is 2.05 bits per heavy atom. The first-order valence-electron chi connectivity index (χ1n) is 5.80. The van der Waals surface area contributed by atoms with E-state index in [0.717, 1.165) is 14.2 Å². The van der Waals surface area contributed by atoms with Crippen LogP contribution < -0.4 is 5.32 Å². The topological polar surface area (TPSA) is 38.3 Å². The van der Waals surface area contributed by atoms with Crippen molar-refractivity contribution in [1.29, 1.82) is 0 Å². The number of ether oxygens (including phenoxy) is 1. The molecule has 0 aliphatic carbocycles. The number of halogens is 1. The molecule has 0 spiro atoms. The summed E-state index contributed by atoms with van der Waals surface area (Å²) in [6.45, 7) is 0.516. The number of hydrogen-bond donors (Lipinski definition) is 1. The summed E-state index contributed by atoms with van der Waals surface area (Å²) in [6, 6.07) is 13.4. The number of methoxy groups -OCH3 is 1. The summed E-state index contributed by atoms with van der Waals surface area (Å²) in [7, 11) is 1.54. The van der Waals surface area contributed by atoms with E-state index < -0.39 is 6.10 Å². The van der Waals surface area contributed by atoms with Crippen molar-refractivity contribution in [1.82, 2.24) is 5.32 Å². The third-order valence-electron chi connectivity index (χ3n) is 2.64. The average molecular weight is 340 g/mol. The fraction of sp³-hybridized carbons (Fsp3) is 0.214. The lowest BCUT2D eigenvalue weighted by molar-refractivity contribution is -0.131. The smallest absolute Gasteiger partial charge is 0.254 e. The molecule has 1 amide bonds. The highest BCUT2D eigenvalue weighted by Gasteiger charge is 2.19. The molecule has 2 rings (SSSR count). The van der Waals surface area contributed by atoms with E-state index in [-0.39, 0.29) is 5.91 Å². The van der Waals surface area contributed by atoms with Crippen molar-refractivity contribution in [2.24, 2.45) is 0 Å². The maximum Gasteiger partial charge on any atom is 0.254 e. The van der Waals surface area contributed by atoms with Crippen LogP contribution in [0.3, 0.4) is 0 Å². The summed E-state index contributed by atoms with van der Waals surface area (Å²) in [6.07, 6.45) is -0.565. The maximum absolute atomic E-state index is 12.1. The van der Waals surface area contributed by atoms with Gasteiger partial charge in [0, 0.05) is 12.0 Å². The Morgan fingerprint density at radius 1 is 1.32 bits per heavy atom. The van der Waals surface area contributed by atoms with Crippen molar-refractivity contribution in [3.8, 4) is 0 Å². The molecule has 0 saturated heterocycles. The van der Waals surface area contributed by atoms with Crippen LogP contribution in [-0.2, 0) is 16.1 Å². The van der Waals surface area contributed by atoms with E-state index in [1.165, 1.54) is 0 Å². The average Bonchev–Trinajstić information content (AvgIpc) is 2.84. The highest BCUT2D eigenvalue weighted by Crippen LogP contribution is 2.22. The van der Waals surface area contributed by atoms with Gasteiger partial charge in [-0.15, -0.1) is 11.3 Å². The quantitative estimate of drug-likeness (QED) is 0.905. The van der Waals surface area contributed by atoms with Crippen LogP contribution in [0.1, 0.15) is 16.5 Å². The van der Waals surface area contributed by atoms with Crippen molar-refractivity contribution in [3.63, 3.8) is 0 Å². The van der Waals surface area contributed by atoms with E-state index in [2.05, 4.69) is 21.2 Å². The van der Waals surface area contributed by atoms with Crippen LogP contribution in [0.15, 0.2) is 46.3 Å². The largest absolute Gasteiger partial charge is 0.367 e. The molecule has 3 nitrogen and oxygen atoms in total. The van der Waals surface area contributed by atoms with Gasteiger partial charge in [-0.05, 0) is 33.6 Å². The Bertz CT molecular complexity index is 541. The fourth-order valence-corrected chi connectivity index (χ4v) is 3.16. The number of hydrogen-bond acceptors (Lipinski definition) is 3. The van der Waals surface area contributed by atoms with Crippen LogP contribution in [0.25, 0.3) is 0 Å². The van der Waals surface area contributed by atoms with E-state index >= 15 is 0 Å². The first-order valence-corrected chi connectivity index (χ1v) is 7.41. The molecule has 1 atom stereocenters. The van der Waals surface area contributed by atoms with Crippen molar-refractivity contribution in [2.45, 2.75) is 12.6 Å². The second-order valence-corrected chi connectivity index (χ2v) is 6.50. The number of thiophene rings is 1. The molecule has 19 heavy (non-hydrogen) atoms. The molecule has 2 aromatic rings. The standard InChI is InChI=1S/C14H14BrNO2S/c1-18-13(10-5-3-2-4-6-10)14(17)16-9-11-7-8-12(15)19-11/h2-8,13H,9H2,1H3,(H,16,17). The van der Waals surface area contributed by atoms with Gasteiger partial charge in [0.1, 0.15) is 0 Å². The monoisotopic (exact) mass is 339 g/mol. The lowest BCUT2D eigenvalue weighted by atomic mass is 10.1. The van der Waals surface area contributed by atoms with E-state index in [0.29, 0.717) is 6.54 Å². The summed E-state index contributed by atoms with van der Waals surface area (Å²) in [4.78, 5) is 13.2. The molecule has 0 aliphatic heterocycles. The normalized spacial score (nSPS) is 12.1. The van der Waals surface area contributed by atoms with Crippen LogP contribution in [0, 0.1) is 0 Å². The first-order chi connectivity index (χ1) is 9.20. The van der Waals surface area contributed by atoms with Gasteiger partial charge in [-0.1, -0.05) is 30.3 Å². The predicted octanol–water partition coefficient (Wildman–Crippen LogP) is 3.51. The lowest BCUT2D eigenvalue weighted by Gasteiger charge is -2.15. The number of amides is 1. The molecule has 0 radical (unpaired) electrons. The number of carbonyl (C=O) groups excluding carboxylic acids is 1. The molecule has 1 aromatic carbocycles. The van der Waals surface area contributed by atoms with E-state index in [1.54, 1.807) is 18.4 Å². The fourth-order valence-electron chi connectivity index (χ4n) is 1.74.